The highest BCUT2D eigenvalue weighted by Crippen LogP contribution is 1.99. The van der Waals surface area contributed by atoms with E-state index in [9.17, 15) is 4.79 Å². The third-order valence-corrected chi connectivity index (χ3v) is 1.38. The highest BCUT2D eigenvalue weighted by Gasteiger charge is 2.06. The van der Waals surface area contributed by atoms with Crippen LogP contribution < -0.4 is 0 Å². The Morgan fingerprint density at radius 1 is 1.62 bits per heavy atom. The molecule has 0 saturated heterocycles. The van der Waals surface area contributed by atoms with E-state index < -0.39 is 5.97 Å². The fourth-order valence-electron chi connectivity index (χ4n) is 0.770. The van der Waals surface area contributed by atoms with Crippen LogP contribution >= 0.6 is 0 Å². The van der Waals surface area contributed by atoms with E-state index >= 15 is 0 Å². The molecule has 4 heteroatoms. The second-order valence-electron chi connectivity index (χ2n) is 2.28. The molecule has 0 aliphatic heterocycles. The molecule has 0 radical (unpaired) electrons. The molecule has 4 nitrogen and oxygen atoms in total. The van der Waals surface area contributed by atoms with E-state index in [4.69, 9.17) is 14.2 Å². The molecule has 76 valence electrons. The summed E-state index contributed by atoms with van der Waals surface area (Å²) in [5.41, 5.74) is 0. The van der Waals surface area contributed by atoms with Gasteiger partial charge >= 0.3 is 5.97 Å². The summed E-state index contributed by atoms with van der Waals surface area (Å²) < 4.78 is 14.9. The van der Waals surface area contributed by atoms with Crippen LogP contribution in [0.15, 0.2) is 12.7 Å². The van der Waals surface area contributed by atoms with E-state index in [0.29, 0.717) is 13.0 Å². The number of carbonyl (C=O) groups is 1. The topological polar surface area (TPSA) is 44.8 Å². The molecular weight excluding hydrogens is 172 g/mol. The molecule has 0 spiro atoms. The van der Waals surface area contributed by atoms with Crippen molar-refractivity contribution >= 4 is 5.97 Å². The molecule has 0 aliphatic rings. The highest BCUT2D eigenvalue weighted by molar-refractivity contribution is 5.81. The van der Waals surface area contributed by atoms with Crippen molar-refractivity contribution in [2.75, 3.05) is 20.3 Å². The molecular formula is C9H16O4. The number of esters is 1. The minimum absolute atomic E-state index is 0.281. The summed E-state index contributed by atoms with van der Waals surface area (Å²) in [6.07, 6.45) is 1.36. The zero-order valence-corrected chi connectivity index (χ0v) is 8.12. The first kappa shape index (κ1) is 12.1. The van der Waals surface area contributed by atoms with E-state index in [1.54, 1.807) is 7.11 Å². The smallest absolute Gasteiger partial charge is 0.330 e. The predicted octanol–water partition coefficient (Wildman–Crippen LogP) is 1.11. The van der Waals surface area contributed by atoms with Crippen LogP contribution in [0.2, 0.25) is 0 Å². The van der Waals surface area contributed by atoms with Gasteiger partial charge in [-0.2, -0.15) is 0 Å². The van der Waals surface area contributed by atoms with Gasteiger partial charge in [0.15, 0.2) is 6.29 Å². The van der Waals surface area contributed by atoms with Crippen LogP contribution in [-0.4, -0.2) is 32.6 Å². The lowest BCUT2D eigenvalue weighted by atomic mass is 10.4. The number of rotatable bonds is 7. The zero-order chi connectivity index (χ0) is 10.1. The summed E-state index contributed by atoms with van der Waals surface area (Å²) in [7, 11) is 1.55. The molecule has 0 aromatic rings. The lowest BCUT2D eigenvalue weighted by Gasteiger charge is -2.14. The second-order valence-corrected chi connectivity index (χ2v) is 2.28. The summed E-state index contributed by atoms with van der Waals surface area (Å²) in [5, 5.41) is 0. The maximum atomic E-state index is 10.6. The Hall–Kier alpha value is -0.870. The molecule has 0 rings (SSSR count). The summed E-state index contributed by atoms with van der Waals surface area (Å²) in [5.74, 6) is -0.425. The number of hydrogen-bond donors (Lipinski definition) is 0. The predicted molar refractivity (Wildman–Crippen MR) is 48.2 cm³/mol. The van der Waals surface area contributed by atoms with E-state index in [2.05, 4.69) is 6.58 Å². The van der Waals surface area contributed by atoms with Crippen LogP contribution in [0.25, 0.3) is 0 Å². The molecule has 13 heavy (non-hydrogen) atoms. The summed E-state index contributed by atoms with van der Waals surface area (Å²) in [4.78, 5) is 10.6. The maximum absolute atomic E-state index is 10.6. The summed E-state index contributed by atoms with van der Waals surface area (Å²) in [6, 6.07) is 0. The van der Waals surface area contributed by atoms with Crippen molar-refractivity contribution in [1.82, 2.24) is 0 Å². The molecule has 0 fully saturated rings. The Morgan fingerprint density at radius 2 is 2.31 bits per heavy atom. The van der Waals surface area contributed by atoms with Crippen LogP contribution in [0.1, 0.15) is 13.3 Å². The van der Waals surface area contributed by atoms with Crippen LogP contribution in [-0.2, 0) is 19.0 Å². The van der Waals surface area contributed by atoms with Gasteiger partial charge in [-0.05, 0) is 6.92 Å². The minimum Gasteiger partial charge on any atom is -0.462 e. The lowest BCUT2D eigenvalue weighted by molar-refractivity contribution is -0.148. The van der Waals surface area contributed by atoms with E-state index in [-0.39, 0.29) is 12.9 Å². The fraction of sp³-hybridized carbons (Fsp3) is 0.667. The van der Waals surface area contributed by atoms with Gasteiger partial charge in [-0.25, -0.2) is 4.79 Å². The first-order valence-corrected chi connectivity index (χ1v) is 4.18. The van der Waals surface area contributed by atoms with Gasteiger partial charge in [-0.15, -0.1) is 0 Å². The number of carbonyl (C=O) groups excluding carboxylic acids is 1. The van der Waals surface area contributed by atoms with Crippen molar-refractivity contribution < 1.29 is 19.0 Å². The minimum atomic E-state index is -0.425. The number of methoxy groups -OCH3 is 1. The normalized spacial score (nSPS) is 12.2. The van der Waals surface area contributed by atoms with Crippen molar-refractivity contribution in [2.45, 2.75) is 19.6 Å². The van der Waals surface area contributed by atoms with Gasteiger partial charge in [0.25, 0.3) is 0 Å². The van der Waals surface area contributed by atoms with Crippen LogP contribution in [0.3, 0.4) is 0 Å². The van der Waals surface area contributed by atoms with Gasteiger partial charge in [0, 0.05) is 26.2 Å². The second kappa shape index (κ2) is 7.76. The van der Waals surface area contributed by atoms with Gasteiger partial charge in [0.05, 0.1) is 6.61 Å². The Labute approximate surface area is 78.5 Å². The third kappa shape index (κ3) is 6.31. The summed E-state index contributed by atoms with van der Waals surface area (Å²) in [6.45, 7) is 6.01. The average Bonchev–Trinajstić information content (AvgIpc) is 2.16. The van der Waals surface area contributed by atoms with Crippen LogP contribution in [0, 0.1) is 0 Å². The van der Waals surface area contributed by atoms with Crippen LogP contribution in [0.4, 0.5) is 0 Å². The quantitative estimate of drug-likeness (QED) is 0.341. The highest BCUT2D eigenvalue weighted by atomic mass is 16.7. The molecule has 1 atom stereocenters. The monoisotopic (exact) mass is 188 g/mol. The molecule has 0 N–H and O–H groups in total. The SMILES string of the molecule is C=CC(=O)OCCC(OC)OCC. The lowest BCUT2D eigenvalue weighted by Crippen LogP contribution is -2.18. The molecule has 0 amide bonds. The third-order valence-electron chi connectivity index (χ3n) is 1.38. The molecule has 0 aromatic heterocycles. The molecule has 0 heterocycles. The van der Waals surface area contributed by atoms with Crippen molar-refractivity contribution in [3.8, 4) is 0 Å². The van der Waals surface area contributed by atoms with Gasteiger partial charge < -0.3 is 14.2 Å². The molecule has 0 aromatic carbocycles. The maximum Gasteiger partial charge on any atom is 0.330 e. The van der Waals surface area contributed by atoms with Crippen molar-refractivity contribution in [1.29, 1.82) is 0 Å². The van der Waals surface area contributed by atoms with Crippen molar-refractivity contribution in [3.63, 3.8) is 0 Å². The van der Waals surface area contributed by atoms with Gasteiger partial charge in [0.2, 0.25) is 0 Å². The van der Waals surface area contributed by atoms with E-state index in [0.717, 1.165) is 6.08 Å². The fourth-order valence-corrected chi connectivity index (χ4v) is 0.770. The van der Waals surface area contributed by atoms with Gasteiger partial charge in [-0.3, -0.25) is 0 Å². The average molecular weight is 188 g/mol. The van der Waals surface area contributed by atoms with Gasteiger partial charge in [-0.1, -0.05) is 6.58 Å². The molecule has 0 bridgehead atoms. The van der Waals surface area contributed by atoms with Crippen molar-refractivity contribution in [2.24, 2.45) is 0 Å². The molecule has 0 saturated carbocycles. The van der Waals surface area contributed by atoms with Gasteiger partial charge in [0.1, 0.15) is 0 Å². The Kier molecular flexibility index (Phi) is 7.24. The Balaban J connectivity index is 3.48. The largest absolute Gasteiger partial charge is 0.462 e. The number of hydrogen-bond acceptors (Lipinski definition) is 4. The molecule has 0 aliphatic carbocycles. The van der Waals surface area contributed by atoms with E-state index in [1.807, 2.05) is 6.92 Å². The van der Waals surface area contributed by atoms with Crippen LogP contribution in [0.5, 0.6) is 0 Å². The summed E-state index contributed by atoms with van der Waals surface area (Å²) >= 11 is 0. The first-order chi connectivity index (χ1) is 6.24. The van der Waals surface area contributed by atoms with E-state index in [1.165, 1.54) is 0 Å². The number of ether oxygens (including phenoxy) is 3. The Morgan fingerprint density at radius 3 is 2.77 bits per heavy atom. The standard InChI is InChI=1S/C9H16O4/c1-4-8(10)13-7-6-9(11-3)12-5-2/h4,9H,1,5-7H2,2-3H3. The first-order valence-electron chi connectivity index (χ1n) is 4.18. The Bertz CT molecular complexity index is 156. The van der Waals surface area contributed by atoms with Crippen molar-refractivity contribution in [3.05, 3.63) is 12.7 Å². The zero-order valence-electron chi connectivity index (χ0n) is 8.12. The molecule has 1 unspecified atom stereocenters.